The number of oxime groups is 1. The van der Waals surface area contributed by atoms with E-state index >= 15 is 0 Å². The van der Waals surface area contributed by atoms with Gasteiger partial charge in [-0.15, -0.1) is 0 Å². The quantitative estimate of drug-likeness (QED) is 0.821. The van der Waals surface area contributed by atoms with Crippen molar-refractivity contribution in [2.75, 3.05) is 0 Å². The third-order valence-corrected chi connectivity index (χ3v) is 3.63. The van der Waals surface area contributed by atoms with Crippen LogP contribution in [0.4, 0.5) is 13.2 Å². The lowest BCUT2D eigenvalue weighted by atomic mass is 10.1. The molecule has 1 aromatic carbocycles. The van der Waals surface area contributed by atoms with Gasteiger partial charge < -0.3 is 4.84 Å². The molecular formula is C12H12F3NOS. The van der Waals surface area contributed by atoms with E-state index in [1.165, 1.54) is 18.2 Å². The maximum atomic E-state index is 13.8. The Labute approximate surface area is 107 Å². The van der Waals surface area contributed by atoms with Gasteiger partial charge in [0, 0.05) is 11.3 Å². The second kappa shape index (κ2) is 4.84. The molecule has 2 rings (SSSR count). The number of halogens is 3. The minimum Gasteiger partial charge on any atom is -0.385 e. The number of nitrogens with zero attached hydrogens (tertiary/aromatic N) is 1. The number of benzene rings is 1. The molecule has 1 unspecified atom stereocenters. The monoisotopic (exact) mass is 275 g/mol. The molecule has 0 radical (unpaired) electrons. The van der Waals surface area contributed by atoms with Crippen molar-refractivity contribution in [1.29, 1.82) is 0 Å². The van der Waals surface area contributed by atoms with Gasteiger partial charge in [0.2, 0.25) is 0 Å². The van der Waals surface area contributed by atoms with Crippen LogP contribution in [0, 0.1) is 11.6 Å². The molecule has 1 atom stereocenters. The largest absolute Gasteiger partial charge is 0.385 e. The summed E-state index contributed by atoms with van der Waals surface area (Å²) in [5, 5.41) is 3.72. The molecule has 1 aliphatic rings. The second-order valence-corrected chi connectivity index (χ2v) is 5.47. The third-order valence-electron chi connectivity index (χ3n) is 2.62. The van der Waals surface area contributed by atoms with E-state index in [1.54, 1.807) is 13.8 Å². The summed E-state index contributed by atoms with van der Waals surface area (Å²) >= 11 is 0.946. The number of thioether (sulfide) groups is 1. The van der Waals surface area contributed by atoms with E-state index in [4.69, 9.17) is 4.84 Å². The number of rotatable bonds is 2. The van der Waals surface area contributed by atoms with E-state index in [2.05, 4.69) is 5.16 Å². The zero-order valence-electron chi connectivity index (χ0n) is 9.91. The van der Waals surface area contributed by atoms with Crippen molar-refractivity contribution in [2.24, 2.45) is 5.16 Å². The van der Waals surface area contributed by atoms with Gasteiger partial charge in [-0.25, -0.2) is 13.2 Å². The molecule has 0 aliphatic carbocycles. The van der Waals surface area contributed by atoms with E-state index in [0.717, 1.165) is 11.8 Å². The Kier molecular flexibility index (Phi) is 3.56. The molecule has 0 amide bonds. The van der Waals surface area contributed by atoms with Gasteiger partial charge in [-0.1, -0.05) is 23.0 Å². The Bertz CT molecular complexity index is 470. The summed E-state index contributed by atoms with van der Waals surface area (Å²) < 4.78 is 40.5. The van der Waals surface area contributed by atoms with Gasteiger partial charge in [0.15, 0.2) is 16.8 Å². The van der Waals surface area contributed by atoms with Gasteiger partial charge in [0.1, 0.15) is 11.6 Å². The zero-order chi connectivity index (χ0) is 13.3. The minimum atomic E-state index is -1.38. The summed E-state index contributed by atoms with van der Waals surface area (Å²) in [6.45, 7) is 3.14. The first-order valence-electron chi connectivity index (χ1n) is 5.37. The molecule has 6 heteroatoms. The molecule has 0 fully saturated rings. The fraction of sp³-hybridized carbons (Fsp3) is 0.417. The molecule has 0 saturated heterocycles. The van der Waals surface area contributed by atoms with Gasteiger partial charge in [-0.05, 0) is 26.0 Å². The first-order chi connectivity index (χ1) is 8.42. The molecule has 1 aromatic rings. The Morgan fingerprint density at radius 1 is 1.33 bits per heavy atom. The van der Waals surface area contributed by atoms with Gasteiger partial charge >= 0.3 is 0 Å². The summed E-state index contributed by atoms with van der Waals surface area (Å²) in [6, 6.07) is 3.63. The van der Waals surface area contributed by atoms with Gasteiger partial charge in [-0.3, -0.25) is 0 Å². The molecule has 18 heavy (non-hydrogen) atoms. The van der Waals surface area contributed by atoms with Crippen LogP contribution in [0.5, 0.6) is 0 Å². The molecule has 98 valence electrons. The van der Waals surface area contributed by atoms with Gasteiger partial charge in [0.05, 0.1) is 0 Å². The number of alkyl halides is 1. The lowest BCUT2D eigenvalue weighted by Gasteiger charge is -2.17. The average Bonchev–Trinajstić information content (AvgIpc) is 2.55. The molecule has 2 nitrogen and oxygen atoms in total. The summed E-state index contributed by atoms with van der Waals surface area (Å²) in [5.74, 6) is -1.30. The van der Waals surface area contributed by atoms with Gasteiger partial charge in [0.25, 0.3) is 0 Å². The first kappa shape index (κ1) is 13.3. The van der Waals surface area contributed by atoms with Crippen LogP contribution in [-0.4, -0.2) is 16.8 Å². The van der Waals surface area contributed by atoms with E-state index < -0.39 is 23.4 Å². The van der Waals surface area contributed by atoms with Crippen LogP contribution in [0.25, 0.3) is 0 Å². The SMILES string of the molecule is CC1(C)ON=C(SCc2c(F)cccc2F)C1F. The van der Waals surface area contributed by atoms with E-state index in [1.807, 2.05) is 0 Å². The molecule has 0 bridgehead atoms. The highest BCUT2D eigenvalue weighted by Crippen LogP contribution is 2.32. The highest BCUT2D eigenvalue weighted by molar-refractivity contribution is 8.13. The van der Waals surface area contributed by atoms with E-state index in [-0.39, 0.29) is 16.4 Å². The van der Waals surface area contributed by atoms with Crippen molar-refractivity contribution in [1.82, 2.24) is 0 Å². The van der Waals surface area contributed by atoms with Crippen molar-refractivity contribution in [3.05, 3.63) is 35.4 Å². The first-order valence-corrected chi connectivity index (χ1v) is 6.36. The molecule has 0 N–H and O–H groups in total. The molecular weight excluding hydrogens is 263 g/mol. The van der Waals surface area contributed by atoms with Crippen molar-refractivity contribution in [3.8, 4) is 0 Å². The lowest BCUT2D eigenvalue weighted by molar-refractivity contribution is -0.0232. The summed E-state index contributed by atoms with van der Waals surface area (Å²) in [6.07, 6.45) is -1.38. The summed E-state index contributed by atoms with van der Waals surface area (Å²) in [7, 11) is 0. The van der Waals surface area contributed by atoms with Crippen molar-refractivity contribution < 1.29 is 18.0 Å². The van der Waals surface area contributed by atoms with Crippen LogP contribution in [0.2, 0.25) is 0 Å². The van der Waals surface area contributed by atoms with Crippen LogP contribution in [0.1, 0.15) is 19.4 Å². The third kappa shape index (κ3) is 2.48. The average molecular weight is 275 g/mol. The summed E-state index contributed by atoms with van der Waals surface area (Å²) in [5.41, 5.74) is -1.10. The zero-order valence-corrected chi connectivity index (χ0v) is 10.7. The van der Waals surface area contributed by atoms with Crippen molar-refractivity contribution >= 4 is 16.8 Å². The maximum absolute atomic E-state index is 13.8. The van der Waals surface area contributed by atoms with E-state index in [9.17, 15) is 13.2 Å². The summed E-state index contributed by atoms with van der Waals surface area (Å²) in [4.78, 5) is 4.92. The molecule has 0 spiro atoms. The lowest BCUT2D eigenvalue weighted by Crippen LogP contribution is -2.33. The van der Waals surface area contributed by atoms with Gasteiger partial charge in [-0.2, -0.15) is 0 Å². The van der Waals surface area contributed by atoms with Crippen molar-refractivity contribution in [2.45, 2.75) is 31.4 Å². The number of hydrogen-bond donors (Lipinski definition) is 0. The molecule has 1 heterocycles. The normalized spacial score (nSPS) is 21.6. The second-order valence-electron chi connectivity index (χ2n) is 4.48. The van der Waals surface area contributed by atoms with Crippen LogP contribution in [0.3, 0.4) is 0 Å². The highest BCUT2D eigenvalue weighted by atomic mass is 32.2. The Morgan fingerprint density at radius 2 is 1.94 bits per heavy atom. The van der Waals surface area contributed by atoms with Crippen molar-refractivity contribution in [3.63, 3.8) is 0 Å². The fourth-order valence-electron chi connectivity index (χ4n) is 1.47. The fourth-order valence-corrected chi connectivity index (χ4v) is 2.56. The molecule has 0 aromatic heterocycles. The predicted octanol–water partition coefficient (Wildman–Crippen LogP) is 3.66. The highest BCUT2D eigenvalue weighted by Gasteiger charge is 2.42. The standard InChI is InChI=1S/C12H12F3NOS/c1-12(2)10(15)11(16-17-12)18-6-7-8(13)4-3-5-9(7)14/h3-5,10H,6H2,1-2H3. The molecule has 0 saturated carbocycles. The Hall–Kier alpha value is -1.17. The van der Waals surface area contributed by atoms with E-state index in [0.29, 0.717) is 0 Å². The Morgan fingerprint density at radius 3 is 2.44 bits per heavy atom. The predicted molar refractivity (Wildman–Crippen MR) is 65.1 cm³/mol. The minimum absolute atomic E-state index is 0.0167. The smallest absolute Gasteiger partial charge is 0.193 e. The molecule has 1 aliphatic heterocycles. The Balaban J connectivity index is 2.06. The van der Waals surface area contributed by atoms with Crippen LogP contribution in [0.15, 0.2) is 23.4 Å². The number of hydrogen-bond acceptors (Lipinski definition) is 3. The van der Waals surface area contributed by atoms with Crippen LogP contribution in [-0.2, 0) is 10.6 Å². The van der Waals surface area contributed by atoms with Crippen LogP contribution >= 0.6 is 11.8 Å². The maximum Gasteiger partial charge on any atom is 0.193 e. The topological polar surface area (TPSA) is 21.6 Å². The van der Waals surface area contributed by atoms with Crippen LogP contribution < -0.4 is 0 Å².